The molecule has 0 N–H and O–H groups in total. The second kappa shape index (κ2) is 9.51. The van der Waals surface area contributed by atoms with Crippen LogP contribution in [0, 0.1) is 22.7 Å². The molecule has 1 amide bonds. The Morgan fingerprint density at radius 3 is 2.26 bits per heavy atom. The molecular weight excluding hydrogens is 450 g/mol. The average molecular weight is 482 g/mol. The van der Waals surface area contributed by atoms with Gasteiger partial charge in [-0.2, -0.15) is 5.26 Å². The van der Waals surface area contributed by atoms with E-state index in [1.165, 1.54) is 28.5 Å². The Kier molecular flexibility index (Phi) is 6.42. The van der Waals surface area contributed by atoms with E-state index in [2.05, 4.69) is 39.0 Å². The molecule has 5 rings (SSSR count). The van der Waals surface area contributed by atoms with Gasteiger partial charge in [-0.15, -0.1) is 0 Å². The van der Waals surface area contributed by atoms with Gasteiger partial charge in [0.05, 0.1) is 22.7 Å². The Morgan fingerprint density at radius 2 is 1.66 bits per heavy atom. The summed E-state index contributed by atoms with van der Waals surface area (Å²) in [5.74, 6) is 0.827. The van der Waals surface area contributed by atoms with Crippen LogP contribution < -0.4 is 4.90 Å². The summed E-state index contributed by atoms with van der Waals surface area (Å²) in [5, 5.41) is 10.5. The fraction of sp³-hybridized carbons (Fsp3) is 0.367. The standard InChI is InChI=1S/C30H31N3OS/c1-30(2,3)24-14-15-25-22(17-24)16-23(18-31)29(32-25)35-19-28(34)33-26-10-6-4-8-20(26)12-13-21-9-5-7-11-27(21)33/h4-11,16,24H,12-15,17,19H2,1-3H3. The van der Waals surface area contributed by atoms with E-state index in [-0.39, 0.29) is 17.1 Å². The molecule has 0 fully saturated rings. The van der Waals surface area contributed by atoms with Crippen molar-refractivity contribution >= 4 is 29.0 Å². The van der Waals surface area contributed by atoms with E-state index in [4.69, 9.17) is 4.98 Å². The van der Waals surface area contributed by atoms with Crippen LogP contribution in [-0.2, 0) is 30.5 Å². The molecule has 0 spiro atoms. The van der Waals surface area contributed by atoms with Crippen molar-refractivity contribution in [2.24, 2.45) is 11.3 Å². The van der Waals surface area contributed by atoms with Crippen LogP contribution in [0.15, 0.2) is 59.6 Å². The first-order valence-corrected chi connectivity index (χ1v) is 13.4. The first kappa shape index (κ1) is 23.6. The zero-order valence-corrected chi connectivity index (χ0v) is 21.5. The number of benzene rings is 2. The monoisotopic (exact) mass is 481 g/mol. The highest BCUT2D eigenvalue weighted by Crippen LogP contribution is 2.39. The number of carbonyl (C=O) groups is 1. The van der Waals surface area contributed by atoms with Crippen LogP contribution in [0.5, 0.6) is 0 Å². The van der Waals surface area contributed by atoms with Gasteiger partial charge in [-0.05, 0) is 78.3 Å². The summed E-state index contributed by atoms with van der Waals surface area (Å²) in [6.07, 6.45) is 4.82. The summed E-state index contributed by atoms with van der Waals surface area (Å²) >= 11 is 1.38. The number of aromatic nitrogens is 1. The van der Waals surface area contributed by atoms with Gasteiger partial charge < -0.3 is 0 Å². The van der Waals surface area contributed by atoms with Gasteiger partial charge in [0.1, 0.15) is 11.1 Å². The van der Waals surface area contributed by atoms with Gasteiger partial charge in [0.25, 0.3) is 0 Å². The molecule has 0 saturated heterocycles. The van der Waals surface area contributed by atoms with E-state index in [9.17, 15) is 10.1 Å². The maximum atomic E-state index is 13.7. The number of amides is 1. The number of nitriles is 1. The molecule has 0 bridgehead atoms. The predicted molar refractivity (Wildman–Crippen MR) is 142 cm³/mol. The predicted octanol–water partition coefficient (Wildman–Crippen LogP) is 6.66. The van der Waals surface area contributed by atoms with Crippen LogP contribution in [0.4, 0.5) is 11.4 Å². The molecule has 1 atom stereocenters. The summed E-state index contributed by atoms with van der Waals surface area (Å²) in [5.41, 5.74) is 7.37. The van der Waals surface area contributed by atoms with Gasteiger partial charge >= 0.3 is 0 Å². The SMILES string of the molecule is CC(C)(C)C1CCc2nc(SCC(=O)N3c4ccccc4CCc4ccccc43)c(C#N)cc2C1. The second-order valence-electron chi connectivity index (χ2n) is 10.6. The molecule has 2 aliphatic rings. The summed E-state index contributed by atoms with van der Waals surface area (Å²) in [6.45, 7) is 6.86. The van der Waals surface area contributed by atoms with Gasteiger partial charge in [0.2, 0.25) is 5.91 Å². The zero-order valence-electron chi connectivity index (χ0n) is 20.7. The summed E-state index contributed by atoms with van der Waals surface area (Å²) in [4.78, 5) is 20.4. The molecule has 4 nitrogen and oxygen atoms in total. The Bertz CT molecular complexity index is 1270. The summed E-state index contributed by atoms with van der Waals surface area (Å²) in [7, 11) is 0. The lowest BCUT2D eigenvalue weighted by molar-refractivity contribution is -0.115. The minimum absolute atomic E-state index is 0.00741. The van der Waals surface area contributed by atoms with E-state index in [1.54, 1.807) is 0 Å². The van der Waals surface area contributed by atoms with Crippen LogP contribution in [0.25, 0.3) is 0 Å². The number of hydrogen-bond acceptors (Lipinski definition) is 4. The Balaban J connectivity index is 1.41. The Labute approximate surface area is 212 Å². The number of para-hydroxylation sites is 2. The third-order valence-electron chi connectivity index (χ3n) is 7.41. The molecule has 0 saturated carbocycles. The molecule has 35 heavy (non-hydrogen) atoms. The topological polar surface area (TPSA) is 57.0 Å². The van der Waals surface area contributed by atoms with Crippen molar-refractivity contribution in [2.75, 3.05) is 10.7 Å². The number of aryl methyl sites for hydroxylation is 3. The zero-order chi connectivity index (χ0) is 24.6. The van der Waals surface area contributed by atoms with E-state index in [0.29, 0.717) is 16.5 Å². The number of nitrogens with zero attached hydrogens (tertiary/aromatic N) is 3. The van der Waals surface area contributed by atoms with Crippen LogP contribution in [-0.4, -0.2) is 16.6 Å². The lowest BCUT2D eigenvalue weighted by atomic mass is 9.71. The van der Waals surface area contributed by atoms with Gasteiger partial charge in [0.15, 0.2) is 0 Å². The molecular formula is C30H31N3OS. The smallest absolute Gasteiger partial charge is 0.241 e. The van der Waals surface area contributed by atoms with Crippen LogP contribution in [0.1, 0.15) is 55.1 Å². The number of pyridine rings is 1. The molecule has 178 valence electrons. The largest absolute Gasteiger partial charge is 0.280 e. The highest BCUT2D eigenvalue weighted by Gasteiger charge is 2.30. The number of hydrogen-bond donors (Lipinski definition) is 0. The van der Waals surface area contributed by atoms with Crippen molar-refractivity contribution in [1.82, 2.24) is 4.98 Å². The first-order chi connectivity index (χ1) is 16.8. The highest BCUT2D eigenvalue weighted by atomic mass is 32.2. The minimum Gasteiger partial charge on any atom is -0.280 e. The van der Waals surface area contributed by atoms with Crippen molar-refractivity contribution < 1.29 is 4.79 Å². The molecule has 1 unspecified atom stereocenters. The van der Waals surface area contributed by atoms with Crippen molar-refractivity contribution in [3.05, 3.63) is 82.5 Å². The maximum Gasteiger partial charge on any atom is 0.241 e. The van der Waals surface area contributed by atoms with Crippen molar-refractivity contribution in [3.8, 4) is 6.07 Å². The number of thioether (sulfide) groups is 1. The number of rotatable bonds is 3. The molecule has 2 heterocycles. The number of anilines is 2. The van der Waals surface area contributed by atoms with E-state index in [1.807, 2.05) is 47.4 Å². The Morgan fingerprint density at radius 1 is 1.03 bits per heavy atom. The van der Waals surface area contributed by atoms with Crippen LogP contribution in [0.2, 0.25) is 0 Å². The molecule has 1 aliphatic carbocycles. The first-order valence-electron chi connectivity index (χ1n) is 12.4. The summed E-state index contributed by atoms with van der Waals surface area (Å²) in [6, 6.07) is 20.7. The lowest BCUT2D eigenvalue weighted by Gasteiger charge is -2.34. The maximum absolute atomic E-state index is 13.7. The quantitative estimate of drug-likeness (QED) is 0.393. The van der Waals surface area contributed by atoms with Gasteiger partial charge in [-0.3, -0.25) is 9.69 Å². The molecule has 0 radical (unpaired) electrons. The summed E-state index contributed by atoms with van der Waals surface area (Å²) < 4.78 is 0. The average Bonchev–Trinajstić information content (AvgIpc) is 3.02. The van der Waals surface area contributed by atoms with E-state index < -0.39 is 0 Å². The van der Waals surface area contributed by atoms with Crippen LogP contribution in [0.3, 0.4) is 0 Å². The third kappa shape index (κ3) is 4.73. The molecule has 3 aromatic rings. The molecule has 5 heteroatoms. The van der Waals surface area contributed by atoms with Crippen molar-refractivity contribution in [3.63, 3.8) is 0 Å². The van der Waals surface area contributed by atoms with Gasteiger partial charge in [-0.25, -0.2) is 4.98 Å². The highest BCUT2D eigenvalue weighted by molar-refractivity contribution is 8.00. The lowest BCUT2D eigenvalue weighted by Crippen LogP contribution is -2.29. The molecule has 1 aliphatic heterocycles. The second-order valence-corrected chi connectivity index (χ2v) is 11.6. The van der Waals surface area contributed by atoms with Gasteiger partial charge in [-0.1, -0.05) is 68.9 Å². The van der Waals surface area contributed by atoms with Gasteiger partial charge in [0, 0.05) is 5.69 Å². The number of carbonyl (C=O) groups excluding carboxylic acids is 1. The van der Waals surface area contributed by atoms with Crippen molar-refractivity contribution in [2.45, 2.75) is 57.9 Å². The normalized spacial score (nSPS) is 17.0. The van der Waals surface area contributed by atoms with E-state index in [0.717, 1.165) is 49.2 Å². The third-order valence-corrected chi connectivity index (χ3v) is 8.38. The van der Waals surface area contributed by atoms with Crippen molar-refractivity contribution in [1.29, 1.82) is 5.26 Å². The fourth-order valence-corrected chi connectivity index (χ4v) is 6.14. The fourth-order valence-electron chi connectivity index (χ4n) is 5.32. The minimum atomic E-state index is 0.00741. The van der Waals surface area contributed by atoms with E-state index >= 15 is 0 Å². The Hall–Kier alpha value is -3.10. The van der Waals surface area contributed by atoms with Crippen LogP contribution >= 0.6 is 11.8 Å². The molecule has 1 aromatic heterocycles. The number of fused-ring (bicyclic) bond motifs is 3. The molecule has 2 aromatic carbocycles.